The quantitative estimate of drug-likeness (QED) is 0.765. The number of rotatable bonds is 5. The van der Waals surface area contributed by atoms with Crippen molar-refractivity contribution in [3.8, 4) is 11.7 Å². The molecule has 0 aliphatic carbocycles. The molecule has 0 spiro atoms. The zero-order valence-corrected chi connectivity index (χ0v) is 13.4. The summed E-state index contributed by atoms with van der Waals surface area (Å²) in [6.07, 6.45) is 4.74. The van der Waals surface area contributed by atoms with E-state index in [9.17, 15) is 0 Å². The molecule has 0 aliphatic heterocycles. The van der Waals surface area contributed by atoms with Gasteiger partial charge < -0.3 is 9.84 Å². The van der Waals surface area contributed by atoms with E-state index in [1.807, 2.05) is 0 Å². The lowest BCUT2D eigenvalue weighted by Crippen LogP contribution is -2.03. The number of halogens is 2. The van der Waals surface area contributed by atoms with Crippen molar-refractivity contribution >= 4 is 23.2 Å². The molecule has 6 nitrogen and oxygen atoms in total. The molecule has 8 heteroatoms. The molecular weight excluding hydrogens is 339 g/mol. The van der Waals surface area contributed by atoms with Crippen LogP contribution in [0.4, 0.5) is 0 Å². The summed E-state index contributed by atoms with van der Waals surface area (Å²) in [5.74, 6) is 0.868. The van der Waals surface area contributed by atoms with Crippen LogP contribution in [-0.4, -0.2) is 24.9 Å². The minimum absolute atomic E-state index is 0.132. The van der Waals surface area contributed by atoms with Gasteiger partial charge in [-0.1, -0.05) is 29.3 Å². The van der Waals surface area contributed by atoms with Crippen LogP contribution in [-0.2, 0) is 13.2 Å². The van der Waals surface area contributed by atoms with E-state index in [2.05, 4.69) is 15.1 Å². The molecule has 0 atom stereocenters. The van der Waals surface area contributed by atoms with Gasteiger partial charge >= 0.3 is 0 Å². The number of aliphatic hydroxyl groups is 1. The summed E-state index contributed by atoms with van der Waals surface area (Å²) in [4.78, 5) is 8.34. The fraction of sp³-hybridized carbons (Fsp3) is 0.133. The van der Waals surface area contributed by atoms with Gasteiger partial charge in [-0.3, -0.25) is 0 Å². The third-order valence-electron chi connectivity index (χ3n) is 3.07. The number of hydrogen-bond acceptors (Lipinski definition) is 5. The van der Waals surface area contributed by atoms with E-state index in [-0.39, 0.29) is 13.2 Å². The first kappa shape index (κ1) is 15.7. The zero-order valence-electron chi connectivity index (χ0n) is 11.9. The Kier molecular flexibility index (Phi) is 4.76. The van der Waals surface area contributed by atoms with Gasteiger partial charge in [-0.2, -0.15) is 5.10 Å². The molecule has 3 aromatic rings. The molecular formula is C15H12Cl2N4O2. The minimum Gasteiger partial charge on any atom is -0.486 e. The van der Waals surface area contributed by atoms with Gasteiger partial charge in [-0.15, -0.1) is 0 Å². The molecule has 0 aliphatic rings. The summed E-state index contributed by atoms with van der Waals surface area (Å²) in [6.45, 7) is 0.0877. The maximum Gasteiger partial charge on any atom is 0.250 e. The Morgan fingerprint density at radius 2 is 1.78 bits per heavy atom. The molecule has 0 saturated carbocycles. The van der Waals surface area contributed by atoms with Crippen molar-refractivity contribution < 1.29 is 9.84 Å². The Balaban J connectivity index is 1.70. The van der Waals surface area contributed by atoms with E-state index in [1.165, 1.54) is 17.1 Å². The van der Waals surface area contributed by atoms with Crippen molar-refractivity contribution in [3.05, 3.63) is 64.2 Å². The standard InChI is InChI=1S/C15H12Cl2N4O2/c16-13-2-1-3-14(17)12(13)9-23-11-6-18-15(19-7-11)21-5-4-10(8-22)20-21/h1-7,22H,8-9H2. The Hall–Kier alpha value is -2.15. The molecule has 0 amide bonds. The second-order valence-electron chi connectivity index (χ2n) is 4.62. The fourth-order valence-corrected chi connectivity index (χ4v) is 2.39. The molecule has 2 aromatic heterocycles. The van der Waals surface area contributed by atoms with E-state index in [0.717, 1.165) is 0 Å². The van der Waals surface area contributed by atoms with Crippen LogP contribution in [0.15, 0.2) is 42.9 Å². The molecule has 0 fully saturated rings. The Morgan fingerprint density at radius 3 is 2.39 bits per heavy atom. The van der Waals surface area contributed by atoms with Crippen molar-refractivity contribution in [2.24, 2.45) is 0 Å². The van der Waals surface area contributed by atoms with Crippen molar-refractivity contribution in [1.82, 2.24) is 19.7 Å². The van der Waals surface area contributed by atoms with Gasteiger partial charge in [-0.25, -0.2) is 14.6 Å². The van der Waals surface area contributed by atoms with Crippen LogP contribution in [0.3, 0.4) is 0 Å². The molecule has 3 rings (SSSR count). The van der Waals surface area contributed by atoms with Gasteiger partial charge in [0.2, 0.25) is 0 Å². The average Bonchev–Trinajstić information content (AvgIpc) is 3.04. The Bertz CT molecular complexity index is 785. The smallest absolute Gasteiger partial charge is 0.250 e. The topological polar surface area (TPSA) is 73.1 Å². The predicted molar refractivity (Wildman–Crippen MR) is 85.9 cm³/mol. The summed E-state index contributed by atoms with van der Waals surface area (Å²) in [6, 6.07) is 6.97. The van der Waals surface area contributed by atoms with Crippen LogP contribution in [0.5, 0.6) is 5.75 Å². The number of benzene rings is 1. The predicted octanol–water partition coefficient (Wildman–Crippen LogP) is 3.04. The molecule has 1 aromatic carbocycles. The third-order valence-corrected chi connectivity index (χ3v) is 3.78. The van der Waals surface area contributed by atoms with E-state index < -0.39 is 0 Å². The lowest BCUT2D eigenvalue weighted by molar-refractivity contribution is 0.276. The van der Waals surface area contributed by atoms with E-state index >= 15 is 0 Å². The second kappa shape index (κ2) is 6.95. The molecule has 0 saturated heterocycles. The lowest BCUT2D eigenvalue weighted by Gasteiger charge is -2.09. The number of aliphatic hydroxyl groups excluding tert-OH is 1. The van der Waals surface area contributed by atoms with Gasteiger partial charge in [0.05, 0.1) is 24.7 Å². The van der Waals surface area contributed by atoms with Crippen LogP contribution < -0.4 is 4.74 Å². The third kappa shape index (κ3) is 3.61. The molecule has 23 heavy (non-hydrogen) atoms. The van der Waals surface area contributed by atoms with Crippen LogP contribution in [0.1, 0.15) is 11.3 Å². The van der Waals surface area contributed by atoms with Crippen molar-refractivity contribution in [2.75, 3.05) is 0 Å². The van der Waals surface area contributed by atoms with Crippen LogP contribution in [0.25, 0.3) is 5.95 Å². The highest BCUT2D eigenvalue weighted by Crippen LogP contribution is 2.25. The fourth-order valence-electron chi connectivity index (χ4n) is 1.89. The summed E-state index contributed by atoms with van der Waals surface area (Å²) in [7, 11) is 0. The highest BCUT2D eigenvalue weighted by atomic mass is 35.5. The van der Waals surface area contributed by atoms with E-state index in [1.54, 1.807) is 30.5 Å². The maximum absolute atomic E-state index is 9.01. The molecule has 0 unspecified atom stereocenters. The minimum atomic E-state index is -0.132. The second-order valence-corrected chi connectivity index (χ2v) is 5.43. The van der Waals surface area contributed by atoms with Gasteiger partial charge in [0.15, 0.2) is 5.75 Å². The average molecular weight is 351 g/mol. The van der Waals surface area contributed by atoms with Crippen LogP contribution in [0.2, 0.25) is 10.0 Å². The molecule has 0 radical (unpaired) electrons. The van der Waals surface area contributed by atoms with Gasteiger partial charge in [-0.05, 0) is 18.2 Å². The number of ether oxygens (including phenoxy) is 1. The molecule has 0 bridgehead atoms. The van der Waals surface area contributed by atoms with Crippen LogP contribution in [0, 0.1) is 0 Å². The van der Waals surface area contributed by atoms with Crippen molar-refractivity contribution in [2.45, 2.75) is 13.2 Å². The van der Waals surface area contributed by atoms with Crippen molar-refractivity contribution in [1.29, 1.82) is 0 Å². The molecule has 2 heterocycles. The van der Waals surface area contributed by atoms with E-state index in [4.69, 9.17) is 33.0 Å². The van der Waals surface area contributed by atoms with Gasteiger partial charge in [0.1, 0.15) is 6.61 Å². The molecule has 118 valence electrons. The number of hydrogen-bond donors (Lipinski definition) is 1. The largest absolute Gasteiger partial charge is 0.486 e. The van der Waals surface area contributed by atoms with E-state index in [0.29, 0.717) is 33.0 Å². The lowest BCUT2D eigenvalue weighted by atomic mass is 10.2. The Labute approximate surface area is 142 Å². The maximum atomic E-state index is 9.01. The number of aromatic nitrogens is 4. The summed E-state index contributed by atoms with van der Waals surface area (Å²) >= 11 is 12.2. The normalized spacial score (nSPS) is 10.7. The van der Waals surface area contributed by atoms with Gasteiger partial charge in [0.25, 0.3) is 5.95 Å². The summed E-state index contributed by atoms with van der Waals surface area (Å²) in [5.41, 5.74) is 1.25. The highest BCUT2D eigenvalue weighted by molar-refractivity contribution is 6.35. The first-order chi connectivity index (χ1) is 11.2. The van der Waals surface area contributed by atoms with Crippen LogP contribution >= 0.6 is 23.2 Å². The first-order valence-electron chi connectivity index (χ1n) is 6.71. The zero-order chi connectivity index (χ0) is 16.2. The van der Waals surface area contributed by atoms with Crippen molar-refractivity contribution in [3.63, 3.8) is 0 Å². The van der Waals surface area contributed by atoms with Gasteiger partial charge in [0, 0.05) is 21.8 Å². The number of nitrogens with zero attached hydrogens (tertiary/aromatic N) is 4. The first-order valence-corrected chi connectivity index (χ1v) is 7.46. The molecule has 1 N–H and O–H groups in total. The highest BCUT2D eigenvalue weighted by Gasteiger charge is 2.08. The SMILES string of the molecule is OCc1ccn(-c2ncc(OCc3c(Cl)cccc3Cl)cn2)n1. The Morgan fingerprint density at radius 1 is 1.09 bits per heavy atom. The summed E-state index contributed by atoms with van der Waals surface area (Å²) < 4.78 is 7.08. The summed E-state index contributed by atoms with van der Waals surface area (Å²) in [5, 5.41) is 14.2. The monoisotopic (exact) mass is 350 g/mol.